The maximum absolute atomic E-state index is 12.0. The number of carbonyl (C=O) groups excluding carboxylic acids is 1. The van der Waals surface area contributed by atoms with Crippen molar-refractivity contribution in [3.63, 3.8) is 0 Å². The second-order valence-corrected chi connectivity index (χ2v) is 6.56. The molecule has 1 aromatic rings. The molecule has 0 bridgehead atoms. The average molecular weight is 319 g/mol. The number of nitrogens with zero attached hydrogens (tertiary/aromatic N) is 1. The lowest BCUT2D eigenvalue weighted by atomic mass is 9.66. The second-order valence-electron chi connectivity index (χ2n) is 6.56. The number of carbonyl (C=O) groups is 1. The fraction of sp³-hybridized carbons (Fsp3) is 0.611. The Kier molecular flexibility index (Phi) is 4.23. The Balaban J connectivity index is 2.11. The van der Waals surface area contributed by atoms with Crippen LogP contribution in [0.1, 0.15) is 31.2 Å². The Morgan fingerprint density at radius 2 is 1.74 bits per heavy atom. The van der Waals surface area contributed by atoms with Crippen molar-refractivity contribution >= 4 is 5.78 Å². The summed E-state index contributed by atoms with van der Waals surface area (Å²) < 4.78 is 16.5. The maximum Gasteiger partial charge on any atom is 0.203 e. The van der Waals surface area contributed by atoms with E-state index in [4.69, 9.17) is 14.2 Å². The molecule has 2 fully saturated rings. The molecular formula is C18H25NO4. The molecule has 5 heteroatoms. The van der Waals surface area contributed by atoms with Crippen molar-refractivity contribution in [3.8, 4) is 17.2 Å². The van der Waals surface area contributed by atoms with Gasteiger partial charge in [0.2, 0.25) is 5.75 Å². The van der Waals surface area contributed by atoms with Crippen LogP contribution in [-0.4, -0.2) is 51.6 Å². The van der Waals surface area contributed by atoms with Gasteiger partial charge in [0, 0.05) is 24.3 Å². The summed E-state index contributed by atoms with van der Waals surface area (Å²) in [5, 5.41) is 0. The van der Waals surface area contributed by atoms with E-state index < -0.39 is 0 Å². The molecule has 0 radical (unpaired) electrons. The smallest absolute Gasteiger partial charge is 0.203 e. The van der Waals surface area contributed by atoms with Gasteiger partial charge in [0.25, 0.3) is 0 Å². The number of hydrogen-bond donors (Lipinski definition) is 0. The van der Waals surface area contributed by atoms with E-state index in [0.29, 0.717) is 35.9 Å². The van der Waals surface area contributed by atoms with Gasteiger partial charge in [0.1, 0.15) is 5.78 Å². The van der Waals surface area contributed by atoms with Gasteiger partial charge in [-0.1, -0.05) is 0 Å². The molecule has 1 aliphatic carbocycles. The third-order valence-corrected chi connectivity index (χ3v) is 5.59. The van der Waals surface area contributed by atoms with Crippen LogP contribution < -0.4 is 14.2 Å². The van der Waals surface area contributed by atoms with Crippen molar-refractivity contribution in [1.82, 2.24) is 4.90 Å². The summed E-state index contributed by atoms with van der Waals surface area (Å²) in [6.45, 7) is 1.01. The van der Waals surface area contributed by atoms with Crippen molar-refractivity contribution in [3.05, 3.63) is 17.7 Å². The van der Waals surface area contributed by atoms with Crippen LogP contribution >= 0.6 is 0 Å². The van der Waals surface area contributed by atoms with Crippen molar-refractivity contribution in [2.45, 2.75) is 37.1 Å². The minimum Gasteiger partial charge on any atom is -0.493 e. The molecule has 1 aromatic carbocycles. The molecule has 1 saturated heterocycles. The molecule has 0 amide bonds. The maximum atomic E-state index is 12.0. The third-order valence-electron chi connectivity index (χ3n) is 5.59. The molecule has 23 heavy (non-hydrogen) atoms. The normalized spacial score (nSPS) is 27.7. The summed E-state index contributed by atoms with van der Waals surface area (Å²) in [5.74, 6) is 2.35. The predicted octanol–water partition coefficient (Wildman–Crippen LogP) is 2.41. The van der Waals surface area contributed by atoms with E-state index in [1.165, 1.54) is 5.56 Å². The monoisotopic (exact) mass is 319 g/mol. The number of fused-ring (bicyclic) bond motifs is 1. The van der Waals surface area contributed by atoms with Gasteiger partial charge in [-0.05, 0) is 44.1 Å². The summed E-state index contributed by atoms with van der Waals surface area (Å²) in [6.07, 6.45) is 3.23. The van der Waals surface area contributed by atoms with Crippen LogP contribution in [0.25, 0.3) is 0 Å². The van der Waals surface area contributed by atoms with E-state index >= 15 is 0 Å². The van der Waals surface area contributed by atoms with Gasteiger partial charge in [-0.3, -0.25) is 4.79 Å². The summed E-state index contributed by atoms with van der Waals surface area (Å²) in [4.78, 5) is 14.3. The zero-order chi connectivity index (χ0) is 16.6. The molecule has 5 nitrogen and oxygen atoms in total. The number of likely N-dealkylation sites (N-methyl/N-ethyl adjacent to an activating group) is 1. The number of methoxy groups -OCH3 is 3. The zero-order valence-corrected chi connectivity index (χ0v) is 14.3. The Bertz CT molecular complexity index is 590. The topological polar surface area (TPSA) is 48.0 Å². The Labute approximate surface area is 137 Å². The number of Topliss-reactive ketones (excluding diaryl/α,β-unsaturated/α-hetero) is 1. The van der Waals surface area contributed by atoms with Gasteiger partial charge in [-0.2, -0.15) is 0 Å². The van der Waals surface area contributed by atoms with Gasteiger partial charge in [0.05, 0.1) is 21.3 Å². The standard InChI is InChI=1S/C18H25NO4/c1-19-8-7-18(6-5-13(20)11-16(18)19)12-9-14(21-2)17(23-4)15(10-12)22-3/h9-10,16H,5-8,11H2,1-4H3. The largest absolute Gasteiger partial charge is 0.493 e. The van der Waals surface area contributed by atoms with Crippen LogP contribution in [0.15, 0.2) is 12.1 Å². The molecule has 0 aromatic heterocycles. The first-order valence-electron chi connectivity index (χ1n) is 8.08. The molecule has 2 atom stereocenters. The number of rotatable bonds is 4. The van der Waals surface area contributed by atoms with Crippen molar-refractivity contribution < 1.29 is 19.0 Å². The quantitative estimate of drug-likeness (QED) is 0.853. The minimum atomic E-state index is -0.00447. The van der Waals surface area contributed by atoms with E-state index in [9.17, 15) is 4.79 Å². The van der Waals surface area contributed by atoms with Gasteiger partial charge in [-0.25, -0.2) is 0 Å². The Hall–Kier alpha value is -1.75. The van der Waals surface area contributed by atoms with Crippen LogP contribution in [0.4, 0.5) is 0 Å². The van der Waals surface area contributed by atoms with Gasteiger partial charge in [0.15, 0.2) is 11.5 Å². The van der Waals surface area contributed by atoms with E-state index in [0.717, 1.165) is 19.4 Å². The van der Waals surface area contributed by atoms with Gasteiger partial charge >= 0.3 is 0 Å². The lowest BCUT2D eigenvalue weighted by Gasteiger charge is -2.41. The predicted molar refractivity (Wildman–Crippen MR) is 87.7 cm³/mol. The molecule has 3 rings (SSSR count). The molecule has 0 N–H and O–H groups in total. The highest BCUT2D eigenvalue weighted by Gasteiger charge is 2.50. The molecule has 1 saturated carbocycles. The van der Waals surface area contributed by atoms with Crippen molar-refractivity contribution in [1.29, 1.82) is 0 Å². The lowest BCUT2D eigenvalue weighted by molar-refractivity contribution is -0.122. The molecule has 1 heterocycles. The molecule has 126 valence electrons. The summed E-state index contributed by atoms with van der Waals surface area (Å²) >= 11 is 0. The first-order chi connectivity index (χ1) is 11.1. The van der Waals surface area contributed by atoms with Gasteiger partial charge < -0.3 is 19.1 Å². The SMILES string of the molecule is COc1cc(C23CCC(=O)CC2N(C)CC3)cc(OC)c1OC. The number of likely N-dealkylation sites (tertiary alicyclic amines) is 1. The van der Waals surface area contributed by atoms with Crippen LogP contribution in [-0.2, 0) is 10.2 Å². The van der Waals surface area contributed by atoms with E-state index in [-0.39, 0.29) is 11.5 Å². The second kappa shape index (κ2) is 6.04. The van der Waals surface area contributed by atoms with Crippen LogP contribution in [0.2, 0.25) is 0 Å². The minimum absolute atomic E-state index is 0.00447. The van der Waals surface area contributed by atoms with Crippen LogP contribution in [0.5, 0.6) is 17.2 Å². The number of hydrogen-bond acceptors (Lipinski definition) is 5. The lowest BCUT2D eigenvalue weighted by Crippen LogP contribution is -2.46. The third kappa shape index (κ3) is 2.47. The van der Waals surface area contributed by atoms with E-state index in [1.54, 1.807) is 21.3 Å². The average Bonchev–Trinajstić information content (AvgIpc) is 2.91. The number of ether oxygens (including phenoxy) is 3. The highest BCUT2D eigenvalue weighted by atomic mass is 16.5. The van der Waals surface area contributed by atoms with Crippen molar-refractivity contribution in [2.24, 2.45) is 0 Å². The first kappa shape index (κ1) is 16.1. The summed E-state index contributed by atoms with van der Waals surface area (Å²) in [6, 6.07) is 4.37. The molecule has 1 aliphatic heterocycles. The number of benzene rings is 1. The van der Waals surface area contributed by atoms with Gasteiger partial charge in [-0.15, -0.1) is 0 Å². The summed E-state index contributed by atoms with van der Waals surface area (Å²) in [5.41, 5.74) is 1.18. The van der Waals surface area contributed by atoms with Crippen LogP contribution in [0, 0.1) is 0 Å². The van der Waals surface area contributed by atoms with Crippen molar-refractivity contribution in [2.75, 3.05) is 34.9 Å². The number of ketones is 1. The highest BCUT2D eigenvalue weighted by Crippen LogP contribution is 2.51. The molecule has 0 spiro atoms. The highest BCUT2D eigenvalue weighted by molar-refractivity contribution is 5.81. The fourth-order valence-electron chi connectivity index (χ4n) is 4.29. The summed E-state index contributed by atoms with van der Waals surface area (Å²) in [7, 11) is 7.01. The molecule has 2 aliphatic rings. The van der Waals surface area contributed by atoms with E-state index in [1.807, 2.05) is 0 Å². The first-order valence-corrected chi connectivity index (χ1v) is 8.08. The van der Waals surface area contributed by atoms with Crippen LogP contribution in [0.3, 0.4) is 0 Å². The molecule has 2 unspecified atom stereocenters. The van der Waals surface area contributed by atoms with E-state index in [2.05, 4.69) is 24.1 Å². The Morgan fingerprint density at radius 1 is 1.09 bits per heavy atom. The molecular weight excluding hydrogens is 294 g/mol. The zero-order valence-electron chi connectivity index (χ0n) is 14.3. The fourth-order valence-corrected chi connectivity index (χ4v) is 4.29. The Morgan fingerprint density at radius 3 is 2.30 bits per heavy atom.